The number of hydrogen-bond acceptors (Lipinski definition) is 2. The minimum absolute atomic E-state index is 0.0345. The molecule has 4 unspecified atom stereocenters. The highest BCUT2D eigenvalue weighted by Crippen LogP contribution is 2.66. The van der Waals surface area contributed by atoms with Gasteiger partial charge in [-0.05, 0) is 73.7 Å². The van der Waals surface area contributed by atoms with Gasteiger partial charge in [0.25, 0.3) is 0 Å². The zero-order chi connectivity index (χ0) is 16.9. The zero-order valence-electron chi connectivity index (χ0n) is 15.5. The molecule has 3 rings (SSSR count). The van der Waals surface area contributed by atoms with Crippen LogP contribution in [0.3, 0.4) is 0 Å². The smallest absolute Gasteiger partial charge is 0.164 e. The van der Waals surface area contributed by atoms with E-state index in [1.54, 1.807) is 0 Å². The molecule has 0 aromatic carbocycles. The van der Waals surface area contributed by atoms with Crippen LogP contribution in [0.25, 0.3) is 0 Å². The number of carbonyl (C=O) groups excluding carboxylic acids is 1. The monoisotopic (exact) mass is 318 g/mol. The quantitative estimate of drug-likeness (QED) is 0.785. The summed E-state index contributed by atoms with van der Waals surface area (Å²) in [5, 5.41) is 10.3. The van der Waals surface area contributed by atoms with Crippen LogP contribution < -0.4 is 0 Å². The lowest BCUT2D eigenvalue weighted by Crippen LogP contribution is -2.58. The number of rotatable bonds is 2. The van der Waals surface area contributed by atoms with E-state index >= 15 is 0 Å². The van der Waals surface area contributed by atoms with E-state index in [9.17, 15) is 9.90 Å². The van der Waals surface area contributed by atoms with Crippen molar-refractivity contribution in [1.82, 2.24) is 0 Å². The van der Waals surface area contributed by atoms with Gasteiger partial charge in [0, 0.05) is 0 Å². The molecule has 0 heterocycles. The summed E-state index contributed by atoms with van der Waals surface area (Å²) in [6.07, 6.45) is 10.7. The van der Waals surface area contributed by atoms with Crippen molar-refractivity contribution >= 4 is 5.78 Å². The third-order valence-electron chi connectivity index (χ3n) is 7.93. The van der Waals surface area contributed by atoms with E-state index in [0.717, 1.165) is 32.1 Å². The van der Waals surface area contributed by atoms with E-state index in [4.69, 9.17) is 0 Å². The van der Waals surface area contributed by atoms with E-state index in [1.165, 1.54) is 24.8 Å². The van der Waals surface area contributed by atoms with Gasteiger partial charge in [0.2, 0.25) is 0 Å². The average molecular weight is 319 g/mol. The van der Waals surface area contributed by atoms with Gasteiger partial charge < -0.3 is 5.11 Å². The summed E-state index contributed by atoms with van der Waals surface area (Å²) >= 11 is 0. The van der Waals surface area contributed by atoms with E-state index in [1.807, 2.05) is 6.08 Å². The van der Waals surface area contributed by atoms with Gasteiger partial charge in [-0.3, -0.25) is 4.79 Å². The Bertz CT molecular complexity index is 518. The molecular weight excluding hydrogens is 284 g/mol. The Labute approximate surface area is 141 Å². The van der Waals surface area contributed by atoms with Crippen LogP contribution >= 0.6 is 0 Å². The standard InChI is InChI=1S/C21H34O2/c1-5-15-7-8-17-20(4)11-6-10-19(2,3)16(20)9-12-21(17,14-22)18(23)13-15/h13,16-17,22H,5-12,14H2,1-4H3. The minimum atomic E-state index is -0.504. The molecule has 1 N–H and O–H groups in total. The number of aliphatic hydroxyl groups is 1. The minimum Gasteiger partial charge on any atom is -0.395 e. The van der Waals surface area contributed by atoms with Crippen LogP contribution in [-0.2, 0) is 4.79 Å². The van der Waals surface area contributed by atoms with Crippen molar-refractivity contribution in [3.8, 4) is 0 Å². The number of carbonyl (C=O) groups is 1. The van der Waals surface area contributed by atoms with Gasteiger partial charge in [0.1, 0.15) is 0 Å². The lowest BCUT2D eigenvalue weighted by molar-refractivity contribution is -0.164. The second-order valence-corrected chi connectivity index (χ2v) is 9.37. The molecule has 23 heavy (non-hydrogen) atoms. The van der Waals surface area contributed by atoms with Crippen molar-refractivity contribution in [1.29, 1.82) is 0 Å². The normalized spacial score (nSPS) is 43.2. The van der Waals surface area contributed by atoms with Crippen LogP contribution in [0.2, 0.25) is 0 Å². The Morgan fingerprint density at radius 2 is 1.87 bits per heavy atom. The Kier molecular flexibility index (Phi) is 4.28. The van der Waals surface area contributed by atoms with Crippen LogP contribution in [0.5, 0.6) is 0 Å². The SMILES string of the molecule is CCC1=CC(=O)C2(CO)CCC3C(C)(C)CCCC3(C)C2CC1. The molecule has 0 spiro atoms. The molecule has 130 valence electrons. The topological polar surface area (TPSA) is 37.3 Å². The molecule has 0 aliphatic heterocycles. The van der Waals surface area contributed by atoms with E-state index in [2.05, 4.69) is 27.7 Å². The summed E-state index contributed by atoms with van der Waals surface area (Å²) < 4.78 is 0. The third kappa shape index (κ3) is 2.44. The van der Waals surface area contributed by atoms with E-state index < -0.39 is 5.41 Å². The van der Waals surface area contributed by atoms with Crippen molar-refractivity contribution in [2.75, 3.05) is 6.61 Å². The number of hydrogen-bond donors (Lipinski definition) is 1. The molecule has 3 aliphatic carbocycles. The number of allylic oxidation sites excluding steroid dienone is 2. The highest BCUT2D eigenvalue weighted by Gasteiger charge is 2.61. The van der Waals surface area contributed by atoms with Crippen LogP contribution in [-0.4, -0.2) is 17.5 Å². The van der Waals surface area contributed by atoms with Crippen molar-refractivity contribution in [2.45, 2.75) is 79.1 Å². The molecule has 0 saturated heterocycles. The summed E-state index contributed by atoms with van der Waals surface area (Å²) in [5.74, 6) is 1.25. The first-order chi connectivity index (χ1) is 10.8. The first kappa shape index (κ1) is 17.2. The molecule has 0 bridgehead atoms. The molecule has 0 amide bonds. The summed E-state index contributed by atoms with van der Waals surface area (Å²) in [5.41, 5.74) is 1.35. The van der Waals surface area contributed by atoms with Gasteiger partial charge in [-0.15, -0.1) is 0 Å². The molecule has 0 radical (unpaired) electrons. The highest BCUT2D eigenvalue weighted by molar-refractivity contribution is 5.96. The van der Waals surface area contributed by atoms with E-state index in [-0.39, 0.29) is 17.8 Å². The molecule has 3 aliphatic rings. The molecular formula is C21H34O2. The summed E-state index contributed by atoms with van der Waals surface area (Å²) in [6, 6.07) is 0. The number of fused-ring (bicyclic) bond motifs is 3. The van der Waals surface area contributed by atoms with E-state index in [0.29, 0.717) is 17.3 Å². The van der Waals surface area contributed by atoms with Crippen LogP contribution in [0.1, 0.15) is 79.1 Å². The molecule has 2 saturated carbocycles. The summed E-state index contributed by atoms with van der Waals surface area (Å²) in [6.45, 7) is 9.47. The fourth-order valence-corrected chi connectivity index (χ4v) is 6.69. The first-order valence-corrected chi connectivity index (χ1v) is 9.65. The van der Waals surface area contributed by atoms with Gasteiger partial charge in [-0.25, -0.2) is 0 Å². The van der Waals surface area contributed by atoms with Gasteiger partial charge >= 0.3 is 0 Å². The third-order valence-corrected chi connectivity index (χ3v) is 7.93. The predicted octanol–water partition coefficient (Wildman–Crippen LogP) is 4.91. The lowest BCUT2D eigenvalue weighted by Gasteiger charge is -2.62. The second kappa shape index (κ2) is 5.72. The molecule has 2 nitrogen and oxygen atoms in total. The Morgan fingerprint density at radius 3 is 2.52 bits per heavy atom. The Morgan fingerprint density at radius 1 is 1.13 bits per heavy atom. The maximum absolute atomic E-state index is 13.1. The van der Waals surface area contributed by atoms with Gasteiger partial charge in [0.05, 0.1) is 12.0 Å². The fourth-order valence-electron chi connectivity index (χ4n) is 6.69. The van der Waals surface area contributed by atoms with Gasteiger partial charge in [-0.1, -0.05) is 39.7 Å². The van der Waals surface area contributed by atoms with Gasteiger partial charge in [0.15, 0.2) is 5.78 Å². The predicted molar refractivity (Wildman–Crippen MR) is 94.1 cm³/mol. The second-order valence-electron chi connectivity index (χ2n) is 9.37. The molecule has 2 fully saturated rings. The number of aliphatic hydroxyl groups excluding tert-OH is 1. The Balaban J connectivity index is 2.05. The van der Waals surface area contributed by atoms with Gasteiger partial charge in [-0.2, -0.15) is 0 Å². The molecule has 0 aromatic rings. The van der Waals surface area contributed by atoms with Crippen molar-refractivity contribution in [3.63, 3.8) is 0 Å². The molecule has 0 aromatic heterocycles. The Hall–Kier alpha value is -0.630. The summed E-state index contributed by atoms with van der Waals surface area (Å²) in [4.78, 5) is 13.1. The van der Waals surface area contributed by atoms with Crippen LogP contribution in [0.15, 0.2) is 11.6 Å². The molecule has 2 heteroatoms. The van der Waals surface area contributed by atoms with Crippen molar-refractivity contribution in [3.05, 3.63) is 11.6 Å². The van der Waals surface area contributed by atoms with Crippen LogP contribution in [0, 0.1) is 28.1 Å². The largest absolute Gasteiger partial charge is 0.395 e. The average Bonchev–Trinajstić information content (AvgIpc) is 2.64. The maximum Gasteiger partial charge on any atom is 0.164 e. The summed E-state index contributed by atoms with van der Waals surface area (Å²) in [7, 11) is 0. The van der Waals surface area contributed by atoms with Crippen molar-refractivity contribution in [2.24, 2.45) is 28.1 Å². The maximum atomic E-state index is 13.1. The van der Waals surface area contributed by atoms with Crippen molar-refractivity contribution < 1.29 is 9.90 Å². The fraction of sp³-hybridized carbons (Fsp3) is 0.857. The van der Waals surface area contributed by atoms with Crippen LogP contribution in [0.4, 0.5) is 0 Å². The molecule has 4 atom stereocenters. The zero-order valence-corrected chi connectivity index (χ0v) is 15.5. The number of ketones is 1. The highest BCUT2D eigenvalue weighted by atomic mass is 16.3. The lowest BCUT2D eigenvalue weighted by atomic mass is 9.42. The first-order valence-electron chi connectivity index (χ1n) is 9.65.